The van der Waals surface area contributed by atoms with Crippen molar-refractivity contribution in [2.24, 2.45) is 0 Å². The van der Waals surface area contributed by atoms with Crippen molar-refractivity contribution in [3.05, 3.63) is 51.8 Å². The van der Waals surface area contributed by atoms with Gasteiger partial charge in [-0.05, 0) is 23.6 Å². The standard InChI is InChI=1S/C10H7NO3S/c12-8-4-1-3-7(11-8)10(13)14-9-5-2-6-15-9/h1-6H,(H,11,12). The normalized spacial score (nSPS) is 9.87. The molecule has 0 aliphatic rings. The number of thiophene rings is 1. The molecule has 0 amide bonds. The Kier molecular flexibility index (Phi) is 2.64. The first-order chi connectivity index (χ1) is 7.25. The number of hydrogen-bond donors (Lipinski definition) is 1. The van der Waals surface area contributed by atoms with Crippen molar-refractivity contribution in [3.8, 4) is 5.06 Å². The van der Waals surface area contributed by atoms with Crippen LogP contribution in [0, 0.1) is 0 Å². The quantitative estimate of drug-likeness (QED) is 0.784. The predicted octanol–water partition coefficient (Wildman–Crippen LogP) is 1.66. The number of rotatable bonds is 2. The number of ether oxygens (including phenoxy) is 1. The van der Waals surface area contributed by atoms with E-state index in [0.717, 1.165) is 0 Å². The molecular formula is C10H7NO3S. The molecule has 1 N–H and O–H groups in total. The molecule has 0 radical (unpaired) electrons. The van der Waals surface area contributed by atoms with Gasteiger partial charge in [-0.1, -0.05) is 6.07 Å². The molecule has 2 heterocycles. The van der Waals surface area contributed by atoms with Crippen molar-refractivity contribution in [3.63, 3.8) is 0 Å². The second kappa shape index (κ2) is 4.10. The molecule has 0 fully saturated rings. The summed E-state index contributed by atoms with van der Waals surface area (Å²) < 4.78 is 5.00. The average molecular weight is 221 g/mol. The van der Waals surface area contributed by atoms with Crippen molar-refractivity contribution in [2.45, 2.75) is 0 Å². The fraction of sp³-hybridized carbons (Fsp3) is 0. The Morgan fingerprint density at radius 2 is 2.13 bits per heavy atom. The first-order valence-corrected chi connectivity index (χ1v) is 5.09. The van der Waals surface area contributed by atoms with Gasteiger partial charge in [0.15, 0.2) is 5.06 Å². The van der Waals surface area contributed by atoms with E-state index in [9.17, 15) is 9.59 Å². The van der Waals surface area contributed by atoms with Crippen LogP contribution in [0.25, 0.3) is 0 Å². The van der Waals surface area contributed by atoms with Gasteiger partial charge in [0.2, 0.25) is 5.56 Å². The van der Waals surface area contributed by atoms with E-state index in [2.05, 4.69) is 4.98 Å². The van der Waals surface area contributed by atoms with Crippen LogP contribution >= 0.6 is 11.3 Å². The minimum atomic E-state index is -0.560. The molecule has 0 saturated carbocycles. The lowest BCUT2D eigenvalue weighted by Crippen LogP contribution is -2.15. The molecule has 0 atom stereocenters. The number of pyridine rings is 1. The van der Waals surface area contributed by atoms with Gasteiger partial charge in [-0.3, -0.25) is 4.79 Å². The largest absolute Gasteiger partial charge is 0.411 e. The van der Waals surface area contributed by atoms with E-state index in [-0.39, 0.29) is 11.3 Å². The van der Waals surface area contributed by atoms with E-state index in [1.807, 2.05) is 0 Å². The van der Waals surface area contributed by atoms with Crippen LogP contribution in [0.1, 0.15) is 10.5 Å². The summed E-state index contributed by atoms with van der Waals surface area (Å²) in [7, 11) is 0. The second-order valence-electron chi connectivity index (χ2n) is 2.75. The van der Waals surface area contributed by atoms with Crippen molar-refractivity contribution in [1.82, 2.24) is 4.98 Å². The molecule has 0 aliphatic heterocycles. The molecule has 0 aromatic carbocycles. The summed E-state index contributed by atoms with van der Waals surface area (Å²) in [5.41, 5.74) is -0.175. The van der Waals surface area contributed by atoms with Gasteiger partial charge in [0.1, 0.15) is 5.69 Å². The molecule has 0 spiro atoms. The van der Waals surface area contributed by atoms with Gasteiger partial charge in [0.05, 0.1) is 0 Å². The lowest BCUT2D eigenvalue weighted by atomic mass is 10.3. The van der Waals surface area contributed by atoms with Crippen molar-refractivity contribution in [1.29, 1.82) is 0 Å². The summed E-state index contributed by atoms with van der Waals surface area (Å²) in [5, 5.41) is 2.31. The molecule has 0 aliphatic carbocycles. The third-order valence-corrected chi connectivity index (χ3v) is 2.42. The number of nitrogens with one attached hydrogen (secondary N) is 1. The topological polar surface area (TPSA) is 59.2 Å². The zero-order valence-electron chi connectivity index (χ0n) is 7.60. The van der Waals surface area contributed by atoms with Crippen LogP contribution in [0.4, 0.5) is 0 Å². The Morgan fingerprint density at radius 3 is 2.80 bits per heavy atom. The van der Waals surface area contributed by atoms with E-state index in [1.165, 1.54) is 29.5 Å². The van der Waals surface area contributed by atoms with E-state index in [1.54, 1.807) is 17.5 Å². The first-order valence-electron chi connectivity index (χ1n) is 4.21. The summed E-state index contributed by atoms with van der Waals surface area (Å²) in [6.07, 6.45) is 0. The maximum atomic E-state index is 11.5. The summed E-state index contributed by atoms with van der Waals surface area (Å²) in [6.45, 7) is 0. The molecule has 2 aromatic rings. The smallest absolute Gasteiger partial charge is 0.361 e. The van der Waals surface area contributed by atoms with Gasteiger partial charge in [0, 0.05) is 6.07 Å². The van der Waals surface area contributed by atoms with Crippen molar-refractivity contribution < 1.29 is 9.53 Å². The average Bonchev–Trinajstić information content (AvgIpc) is 2.70. The van der Waals surface area contributed by atoms with Gasteiger partial charge in [-0.25, -0.2) is 4.79 Å². The van der Waals surface area contributed by atoms with Crippen LogP contribution < -0.4 is 10.3 Å². The Labute approximate surface area is 89.2 Å². The van der Waals surface area contributed by atoms with Gasteiger partial charge < -0.3 is 9.72 Å². The fourth-order valence-corrected chi connectivity index (χ4v) is 1.61. The summed E-state index contributed by atoms with van der Waals surface area (Å²) >= 11 is 1.32. The van der Waals surface area contributed by atoms with E-state index < -0.39 is 5.97 Å². The molecular weight excluding hydrogens is 214 g/mol. The summed E-state index contributed by atoms with van der Waals surface area (Å²) in [4.78, 5) is 24.8. The lowest BCUT2D eigenvalue weighted by Gasteiger charge is -1.99. The molecule has 0 bridgehead atoms. The molecule has 0 saturated heterocycles. The third-order valence-electron chi connectivity index (χ3n) is 1.68. The lowest BCUT2D eigenvalue weighted by molar-refractivity contribution is 0.0734. The second-order valence-corrected chi connectivity index (χ2v) is 3.66. The van der Waals surface area contributed by atoms with Gasteiger partial charge in [0.25, 0.3) is 0 Å². The minimum absolute atomic E-state index is 0.149. The van der Waals surface area contributed by atoms with E-state index in [4.69, 9.17) is 4.74 Å². The number of aromatic amines is 1. The highest BCUT2D eigenvalue weighted by atomic mass is 32.1. The summed E-state index contributed by atoms with van der Waals surface area (Å²) in [6, 6.07) is 7.80. The molecule has 15 heavy (non-hydrogen) atoms. The Balaban J connectivity index is 2.18. The van der Waals surface area contributed by atoms with Crippen molar-refractivity contribution in [2.75, 3.05) is 0 Å². The molecule has 4 nitrogen and oxygen atoms in total. The minimum Gasteiger partial charge on any atom is -0.411 e. The third kappa shape index (κ3) is 2.32. The zero-order chi connectivity index (χ0) is 10.7. The zero-order valence-corrected chi connectivity index (χ0v) is 8.41. The van der Waals surface area contributed by atoms with Crippen molar-refractivity contribution >= 4 is 17.3 Å². The number of esters is 1. The Morgan fingerprint density at radius 1 is 1.27 bits per heavy atom. The van der Waals surface area contributed by atoms with Crippen LogP contribution in [0.3, 0.4) is 0 Å². The van der Waals surface area contributed by atoms with Crippen LogP contribution in [-0.4, -0.2) is 11.0 Å². The van der Waals surface area contributed by atoms with E-state index in [0.29, 0.717) is 5.06 Å². The van der Waals surface area contributed by atoms with Gasteiger partial charge >= 0.3 is 5.97 Å². The first kappa shape index (κ1) is 9.67. The highest BCUT2D eigenvalue weighted by Crippen LogP contribution is 2.18. The highest BCUT2D eigenvalue weighted by molar-refractivity contribution is 7.11. The molecule has 76 valence electrons. The number of hydrogen-bond acceptors (Lipinski definition) is 4. The number of H-pyrrole nitrogens is 1. The number of carbonyl (C=O) groups is 1. The van der Waals surface area contributed by atoms with Crippen LogP contribution in [0.15, 0.2) is 40.5 Å². The number of carbonyl (C=O) groups excluding carboxylic acids is 1. The monoisotopic (exact) mass is 221 g/mol. The highest BCUT2D eigenvalue weighted by Gasteiger charge is 2.09. The maximum absolute atomic E-state index is 11.5. The molecule has 0 unspecified atom stereocenters. The van der Waals surface area contributed by atoms with Crippen LogP contribution in [-0.2, 0) is 0 Å². The predicted molar refractivity (Wildman–Crippen MR) is 56.3 cm³/mol. The SMILES string of the molecule is O=C(Oc1cccs1)c1cccc(=O)[nH]1. The molecule has 2 rings (SSSR count). The molecule has 2 aromatic heterocycles. The van der Waals surface area contributed by atoms with Crippen LogP contribution in [0.5, 0.6) is 5.06 Å². The summed E-state index contributed by atoms with van der Waals surface area (Å²) in [5.74, 6) is -0.560. The molecule has 5 heteroatoms. The van der Waals surface area contributed by atoms with Crippen LogP contribution in [0.2, 0.25) is 0 Å². The van der Waals surface area contributed by atoms with Gasteiger partial charge in [-0.2, -0.15) is 0 Å². The number of aromatic nitrogens is 1. The Bertz CT molecular complexity index is 515. The fourth-order valence-electron chi connectivity index (χ4n) is 1.03. The maximum Gasteiger partial charge on any atom is 0.361 e. The van der Waals surface area contributed by atoms with Gasteiger partial charge in [-0.15, -0.1) is 11.3 Å². The van der Waals surface area contributed by atoms with E-state index >= 15 is 0 Å². The Hall–Kier alpha value is -1.88.